The number of amides is 1. The second kappa shape index (κ2) is 8.86. The van der Waals surface area contributed by atoms with Gasteiger partial charge in [-0.3, -0.25) is 9.59 Å². The molecule has 3 aromatic rings. The molecule has 0 atom stereocenters. The lowest BCUT2D eigenvalue weighted by atomic mass is 10.0. The SMILES string of the molecule is COc1ccc(C(=O)Cc2ccc(NC(=O)c3ccc(OC)cc3)cc2)cc1. The van der Waals surface area contributed by atoms with E-state index in [4.69, 9.17) is 9.47 Å². The van der Waals surface area contributed by atoms with Gasteiger partial charge in [0.15, 0.2) is 5.78 Å². The summed E-state index contributed by atoms with van der Waals surface area (Å²) in [7, 11) is 3.17. The summed E-state index contributed by atoms with van der Waals surface area (Å²) < 4.78 is 10.2. The maximum atomic E-state index is 12.4. The lowest BCUT2D eigenvalue weighted by Crippen LogP contribution is -2.11. The fraction of sp³-hybridized carbons (Fsp3) is 0.130. The molecule has 3 aromatic carbocycles. The number of rotatable bonds is 7. The Balaban J connectivity index is 1.60. The van der Waals surface area contributed by atoms with E-state index in [9.17, 15) is 9.59 Å². The average Bonchev–Trinajstić information content (AvgIpc) is 2.75. The Kier molecular flexibility index (Phi) is 6.07. The molecule has 5 heteroatoms. The van der Waals surface area contributed by atoms with Gasteiger partial charge in [-0.15, -0.1) is 0 Å². The number of anilines is 1. The topological polar surface area (TPSA) is 64.6 Å². The molecule has 0 aliphatic heterocycles. The van der Waals surface area contributed by atoms with Gasteiger partial charge in [0.1, 0.15) is 11.5 Å². The van der Waals surface area contributed by atoms with Crippen molar-refractivity contribution in [3.05, 3.63) is 89.5 Å². The minimum atomic E-state index is -0.204. The number of carbonyl (C=O) groups is 2. The van der Waals surface area contributed by atoms with E-state index in [1.54, 1.807) is 74.9 Å². The van der Waals surface area contributed by atoms with E-state index in [-0.39, 0.29) is 11.7 Å². The van der Waals surface area contributed by atoms with Crippen molar-refractivity contribution in [2.45, 2.75) is 6.42 Å². The number of ketones is 1. The van der Waals surface area contributed by atoms with Crippen LogP contribution in [0.4, 0.5) is 5.69 Å². The predicted octanol–water partition coefficient (Wildman–Crippen LogP) is 4.38. The lowest BCUT2D eigenvalue weighted by molar-refractivity contribution is 0.0990. The van der Waals surface area contributed by atoms with Gasteiger partial charge in [-0.2, -0.15) is 0 Å². The minimum absolute atomic E-state index is 0.0256. The van der Waals surface area contributed by atoms with Gasteiger partial charge in [0.05, 0.1) is 14.2 Å². The number of benzene rings is 3. The molecule has 142 valence electrons. The van der Waals surface area contributed by atoms with Crippen LogP contribution in [0.25, 0.3) is 0 Å². The van der Waals surface area contributed by atoms with Crippen molar-refractivity contribution < 1.29 is 19.1 Å². The quantitative estimate of drug-likeness (QED) is 0.623. The number of hydrogen-bond donors (Lipinski definition) is 1. The van der Waals surface area contributed by atoms with Crippen LogP contribution in [-0.2, 0) is 6.42 Å². The Bertz CT molecular complexity index is 865. The van der Waals surface area contributed by atoms with Crippen molar-refractivity contribution in [1.82, 2.24) is 0 Å². The summed E-state index contributed by atoms with van der Waals surface area (Å²) in [5, 5.41) is 2.84. The molecule has 1 amide bonds. The largest absolute Gasteiger partial charge is 0.497 e. The van der Waals surface area contributed by atoms with Crippen molar-refractivity contribution >= 4 is 17.4 Å². The third-order valence-electron chi connectivity index (χ3n) is 4.34. The Labute approximate surface area is 163 Å². The first-order valence-electron chi connectivity index (χ1n) is 8.80. The molecule has 28 heavy (non-hydrogen) atoms. The monoisotopic (exact) mass is 375 g/mol. The third kappa shape index (κ3) is 4.76. The van der Waals surface area contributed by atoms with E-state index >= 15 is 0 Å². The summed E-state index contributed by atoms with van der Waals surface area (Å²) in [4.78, 5) is 24.7. The van der Waals surface area contributed by atoms with E-state index in [2.05, 4.69) is 5.32 Å². The van der Waals surface area contributed by atoms with Crippen LogP contribution in [0, 0.1) is 0 Å². The maximum absolute atomic E-state index is 12.4. The highest BCUT2D eigenvalue weighted by Gasteiger charge is 2.09. The molecule has 0 fully saturated rings. The van der Waals surface area contributed by atoms with Crippen LogP contribution >= 0.6 is 0 Å². The number of ether oxygens (including phenoxy) is 2. The Hall–Kier alpha value is -3.60. The zero-order chi connectivity index (χ0) is 19.9. The molecule has 0 spiro atoms. The molecule has 5 nitrogen and oxygen atoms in total. The van der Waals surface area contributed by atoms with Gasteiger partial charge in [-0.25, -0.2) is 0 Å². The van der Waals surface area contributed by atoms with E-state index < -0.39 is 0 Å². The van der Waals surface area contributed by atoms with Crippen LogP contribution in [0.1, 0.15) is 26.3 Å². The lowest BCUT2D eigenvalue weighted by Gasteiger charge is -2.08. The molecule has 0 radical (unpaired) electrons. The second-order valence-electron chi connectivity index (χ2n) is 6.21. The fourth-order valence-electron chi connectivity index (χ4n) is 2.72. The summed E-state index contributed by atoms with van der Waals surface area (Å²) in [5.41, 5.74) is 2.72. The Morgan fingerprint density at radius 3 is 1.71 bits per heavy atom. The first-order valence-corrected chi connectivity index (χ1v) is 8.80. The summed E-state index contributed by atoms with van der Waals surface area (Å²) in [6.45, 7) is 0. The number of hydrogen-bond acceptors (Lipinski definition) is 4. The van der Waals surface area contributed by atoms with E-state index in [0.29, 0.717) is 34.7 Å². The molecule has 0 bridgehead atoms. The molecule has 0 aliphatic carbocycles. The van der Waals surface area contributed by atoms with Crippen molar-refractivity contribution in [3.63, 3.8) is 0 Å². The van der Waals surface area contributed by atoms with Crippen LogP contribution in [-0.4, -0.2) is 25.9 Å². The van der Waals surface area contributed by atoms with Crippen LogP contribution in [0.15, 0.2) is 72.8 Å². The smallest absolute Gasteiger partial charge is 0.255 e. The average molecular weight is 375 g/mol. The number of Topliss-reactive ketones (excluding diaryl/α,β-unsaturated/α-hetero) is 1. The molecular weight excluding hydrogens is 354 g/mol. The van der Waals surface area contributed by atoms with Crippen LogP contribution in [0.3, 0.4) is 0 Å². The third-order valence-corrected chi connectivity index (χ3v) is 4.34. The normalized spacial score (nSPS) is 10.2. The van der Waals surface area contributed by atoms with Crippen molar-refractivity contribution in [1.29, 1.82) is 0 Å². The van der Waals surface area contributed by atoms with Crippen LogP contribution in [0.5, 0.6) is 11.5 Å². The highest BCUT2D eigenvalue weighted by Crippen LogP contribution is 2.17. The molecule has 0 saturated heterocycles. The first kappa shape index (κ1) is 19.2. The van der Waals surface area contributed by atoms with E-state index in [0.717, 1.165) is 5.56 Å². The van der Waals surface area contributed by atoms with Gasteiger partial charge < -0.3 is 14.8 Å². The number of nitrogens with one attached hydrogen (secondary N) is 1. The van der Waals surface area contributed by atoms with Gasteiger partial charge >= 0.3 is 0 Å². The summed E-state index contributed by atoms with van der Waals surface area (Å²) in [6, 6.07) is 21.2. The molecule has 0 saturated carbocycles. The zero-order valence-electron chi connectivity index (χ0n) is 15.8. The predicted molar refractivity (Wildman–Crippen MR) is 108 cm³/mol. The number of carbonyl (C=O) groups excluding carboxylic acids is 2. The van der Waals surface area contributed by atoms with Crippen molar-refractivity contribution in [3.8, 4) is 11.5 Å². The van der Waals surface area contributed by atoms with Crippen molar-refractivity contribution in [2.24, 2.45) is 0 Å². The molecule has 1 N–H and O–H groups in total. The van der Waals surface area contributed by atoms with Gasteiger partial charge in [-0.1, -0.05) is 12.1 Å². The van der Waals surface area contributed by atoms with Gasteiger partial charge in [0.2, 0.25) is 0 Å². The maximum Gasteiger partial charge on any atom is 0.255 e. The fourth-order valence-corrected chi connectivity index (χ4v) is 2.72. The van der Waals surface area contributed by atoms with E-state index in [1.165, 1.54) is 0 Å². The Morgan fingerprint density at radius 2 is 1.21 bits per heavy atom. The van der Waals surface area contributed by atoms with Crippen LogP contribution in [0.2, 0.25) is 0 Å². The highest BCUT2D eigenvalue weighted by molar-refractivity contribution is 6.04. The zero-order valence-corrected chi connectivity index (χ0v) is 15.8. The van der Waals surface area contributed by atoms with Crippen LogP contribution < -0.4 is 14.8 Å². The van der Waals surface area contributed by atoms with Gasteiger partial charge in [-0.05, 0) is 66.2 Å². The molecule has 0 aliphatic rings. The highest BCUT2D eigenvalue weighted by atomic mass is 16.5. The van der Waals surface area contributed by atoms with Gasteiger partial charge in [0.25, 0.3) is 5.91 Å². The molecule has 0 unspecified atom stereocenters. The van der Waals surface area contributed by atoms with Gasteiger partial charge in [0, 0.05) is 23.2 Å². The van der Waals surface area contributed by atoms with E-state index in [1.807, 2.05) is 12.1 Å². The van der Waals surface area contributed by atoms with Crippen molar-refractivity contribution in [2.75, 3.05) is 19.5 Å². The minimum Gasteiger partial charge on any atom is -0.497 e. The first-order chi connectivity index (χ1) is 13.6. The molecule has 0 aromatic heterocycles. The molecule has 0 heterocycles. The summed E-state index contributed by atoms with van der Waals surface area (Å²) in [6.07, 6.45) is 0.291. The summed E-state index contributed by atoms with van der Waals surface area (Å²) >= 11 is 0. The second-order valence-corrected chi connectivity index (χ2v) is 6.21. The standard InChI is InChI=1S/C23H21NO4/c1-27-20-11-5-17(6-12-20)22(25)15-16-3-9-19(10-4-16)24-23(26)18-7-13-21(28-2)14-8-18/h3-14H,15H2,1-2H3,(H,24,26). The Morgan fingerprint density at radius 1 is 0.714 bits per heavy atom. The number of methoxy groups -OCH3 is 2. The molecular formula is C23H21NO4. The molecule has 3 rings (SSSR count). The summed E-state index contributed by atoms with van der Waals surface area (Å²) in [5.74, 6) is 1.23.